The lowest BCUT2D eigenvalue weighted by atomic mass is 10.1. The Bertz CT molecular complexity index is 842. The molecule has 1 unspecified atom stereocenters. The zero-order chi connectivity index (χ0) is 20.3. The topological polar surface area (TPSA) is 62.2 Å². The highest BCUT2D eigenvalue weighted by Crippen LogP contribution is 2.32. The fraction of sp³-hybridized carbons (Fsp3) is 0.444. The Morgan fingerprint density at radius 1 is 1.38 bits per heavy atom. The zero-order valence-corrected chi connectivity index (χ0v) is 16.5. The van der Waals surface area contributed by atoms with Crippen molar-refractivity contribution < 1.29 is 22.4 Å². The molecule has 2 heterocycles. The lowest BCUT2D eigenvalue weighted by molar-refractivity contribution is -0.138. The van der Waals surface area contributed by atoms with Crippen molar-refractivity contribution in [2.45, 2.75) is 18.8 Å². The zero-order valence-electron chi connectivity index (χ0n) is 15.7. The highest BCUT2D eigenvalue weighted by atomic mass is 35.5. The van der Waals surface area contributed by atoms with Crippen LogP contribution in [0.25, 0.3) is 0 Å². The molecule has 3 rings (SSSR count). The monoisotopic (exact) mass is 435 g/mol. The van der Waals surface area contributed by atoms with Crippen molar-refractivity contribution in [2.24, 2.45) is 7.05 Å². The fourth-order valence-corrected chi connectivity index (χ4v) is 3.29. The maximum Gasteiger partial charge on any atom is 0.416 e. The summed E-state index contributed by atoms with van der Waals surface area (Å²) in [5.41, 5.74) is -1.26. The Morgan fingerprint density at radius 3 is 2.79 bits per heavy atom. The molecule has 1 aromatic carbocycles. The minimum atomic E-state index is -4.69. The molecule has 1 aliphatic heterocycles. The quantitative estimate of drug-likeness (QED) is 0.707. The number of aryl methyl sites for hydroxylation is 1. The molecule has 1 fully saturated rings. The van der Waals surface area contributed by atoms with Gasteiger partial charge in [0.2, 0.25) is 5.91 Å². The number of rotatable bonds is 5. The van der Waals surface area contributed by atoms with Gasteiger partial charge in [0.15, 0.2) is 0 Å². The Labute approximate surface area is 171 Å². The first kappa shape index (κ1) is 23.1. The molecule has 11 heteroatoms. The predicted octanol–water partition coefficient (Wildman–Crippen LogP) is 2.26. The SMILES string of the molecule is Cl.Cn1ccnc1C1CNCCN1CC(=O)NCc1ccc(F)cc1C(F)(F)F. The lowest BCUT2D eigenvalue weighted by Gasteiger charge is -2.35. The molecule has 6 nitrogen and oxygen atoms in total. The Hall–Kier alpha value is -2.17. The summed E-state index contributed by atoms with van der Waals surface area (Å²) in [6, 6.07) is 2.31. The molecule has 0 spiro atoms. The summed E-state index contributed by atoms with van der Waals surface area (Å²) < 4.78 is 54.3. The number of amides is 1. The smallest absolute Gasteiger partial charge is 0.351 e. The molecular weight excluding hydrogens is 414 g/mol. The highest BCUT2D eigenvalue weighted by Gasteiger charge is 2.34. The largest absolute Gasteiger partial charge is 0.416 e. The van der Waals surface area contributed by atoms with Gasteiger partial charge in [-0.25, -0.2) is 9.37 Å². The van der Waals surface area contributed by atoms with Crippen LogP contribution in [0.2, 0.25) is 0 Å². The Kier molecular flexibility index (Phi) is 7.61. The Balaban J connectivity index is 0.00000300. The molecule has 29 heavy (non-hydrogen) atoms. The van der Waals surface area contributed by atoms with Crippen LogP contribution < -0.4 is 10.6 Å². The molecule has 0 aliphatic carbocycles. The summed E-state index contributed by atoms with van der Waals surface area (Å²) in [6.45, 7) is 1.63. The van der Waals surface area contributed by atoms with Crippen molar-refractivity contribution in [1.29, 1.82) is 0 Å². The molecule has 0 radical (unpaired) electrons. The number of halogens is 5. The van der Waals surface area contributed by atoms with Gasteiger partial charge in [0.05, 0.1) is 18.2 Å². The molecule has 0 bridgehead atoms. The van der Waals surface area contributed by atoms with Gasteiger partial charge in [0.1, 0.15) is 11.6 Å². The third-order valence-corrected chi connectivity index (χ3v) is 4.71. The number of carbonyl (C=O) groups is 1. The number of carbonyl (C=O) groups excluding carboxylic acids is 1. The van der Waals surface area contributed by atoms with Crippen molar-refractivity contribution in [2.75, 3.05) is 26.2 Å². The summed E-state index contributed by atoms with van der Waals surface area (Å²) in [4.78, 5) is 18.6. The van der Waals surface area contributed by atoms with Crippen molar-refractivity contribution in [3.05, 3.63) is 53.4 Å². The van der Waals surface area contributed by atoms with Crippen LogP contribution in [0.5, 0.6) is 0 Å². The van der Waals surface area contributed by atoms with E-state index < -0.39 is 23.5 Å². The number of nitrogens with one attached hydrogen (secondary N) is 2. The Morgan fingerprint density at radius 2 is 2.14 bits per heavy atom. The van der Waals surface area contributed by atoms with Crippen LogP contribution >= 0.6 is 12.4 Å². The molecule has 1 aromatic heterocycles. The van der Waals surface area contributed by atoms with Crippen LogP contribution in [-0.4, -0.2) is 46.5 Å². The molecule has 1 amide bonds. The fourth-order valence-electron chi connectivity index (χ4n) is 3.29. The van der Waals surface area contributed by atoms with Gasteiger partial charge >= 0.3 is 6.18 Å². The summed E-state index contributed by atoms with van der Waals surface area (Å²) in [5, 5.41) is 5.76. The summed E-state index contributed by atoms with van der Waals surface area (Å²) in [6.07, 6.45) is -1.20. The van der Waals surface area contributed by atoms with Gasteiger partial charge in [-0.05, 0) is 17.7 Å². The minimum Gasteiger partial charge on any atom is -0.351 e. The number of nitrogens with zero attached hydrogens (tertiary/aromatic N) is 3. The second-order valence-corrected chi connectivity index (χ2v) is 6.66. The first-order valence-electron chi connectivity index (χ1n) is 8.80. The second-order valence-electron chi connectivity index (χ2n) is 6.66. The molecule has 0 saturated carbocycles. The van der Waals surface area contributed by atoms with Crippen LogP contribution in [0.4, 0.5) is 17.6 Å². The number of aromatic nitrogens is 2. The normalized spacial score (nSPS) is 17.6. The molecule has 1 aliphatic rings. The summed E-state index contributed by atoms with van der Waals surface area (Å²) in [7, 11) is 1.86. The molecule has 1 saturated heterocycles. The van der Waals surface area contributed by atoms with E-state index in [0.717, 1.165) is 18.0 Å². The molecular formula is C18H22ClF4N5O. The standard InChI is InChI=1S/C18H21F4N5O.ClH/c1-26-6-5-24-17(26)15-10-23-4-7-27(15)11-16(28)25-9-12-2-3-13(19)8-14(12)18(20,21)22;/h2-3,5-6,8,15,23H,4,7,9-11H2,1H3,(H,25,28);1H. The first-order valence-corrected chi connectivity index (χ1v) is 8.80. The van der Waals surface area contributed by atoms with Gasteiger partial charge in [-0.3, -0.25) is 9.69 Å². The minimum absolute atomic E-state index is 0. The molecule has 2 N–H and O–H groups in total. The van der Waals surface area contributed by atoms with Gasteiger partial charge in [-0.15, -0.1) is 12.4 Å². The summed E-state index contributed by atoms with van der Waals surface area (Å²) >= 11 is 0. The number of alkyl halides is 3. The van der Waals surface area contributed by atoms with E-state index in [9.17, 15) is 22.4 Å². The van der Waals surface area contributed by atoms with Crippen molar-refractivity contribution in [3.63, 3.8) is 0 Å². The van der Waals surface area contributed by atoms with Gasteiger partial charge in [0, 0.05) is 45.6 Å². The number of piperazine rings is 1. The first-order chi connectivity index (χ1) is 13.3. The lowest BCUT2D eigenvalue weighted by Crippen LogP contribution is -2.50. The van der Waals surface area contributed by atoms with E-state index >= 15 is 0 Å². The van der Waals surface area contributed by atoms with Crippen LogP contribution in [0.1, 0.15) is 23.0 Å². The van der Waals surface area contributed by atoms with Gasteiger partial charge in [-0.2, -0.15) is 13.2 Å². The van der Waals surface area contributed by atoms with Crippen LogP contribution in [0.15, 0.2) is 30.6 Å². The van der Waals surface area contributed by atoms with Gasteiger partial charge in [-0.1, -0.05) is 6.07 Å². The molecule has 160 valence electrons. The van der Waals surface area contributed by atoms with E-state index in [2.05, 4.69) is 15.6 Å². The maximum atomic E-state index is 13.2. The van der Waals surface area contributed by atoms with E-state index in [4.69, 9.17) is 0 Å². The predicted molar refractivity (Wildman–Crippen MR) is 101 cm³/mol. The number of benzene rings is 1. The van der Waals surface area contributed by atoms with Crippen molar-refractivity contribution >= 4 is 18.3 Å². The van der Waals surface area contributed by atoms with Crippen LogP contribution in [0, 0.1) is 5.82 Å². The molecule has 1 atom stereocenters. The maximum absolute atomic E-state index is 13.2. The highest BCUT2D eigenvalue weighted by molar-refractivity contribution is 5.85. The van der Waals surface area contributed by atoms with E-state index in [-0.39, 0.29) is 37.1 Å². The van der Waals surface area contributed by atoms with E-state index in [0.29, 0.717) is 25.7 Å². The van der Waals surface area contributed by atoms with Crippen molar-refractivity contribution in [3.8, 4) is 0 Å². The van der Waals surface area contributed by atoms with Crippen molar-refractivity contribution in [1.82, 2.24) is 25.1 Å². The molecule has 2 aromatic rings. The van der Waals surface area contributed by atoms with E-state index in [1.807, 2.05) is 22.7 Å². The third-order valence-electron chi connectivity index (χ3n) is 4.71. The van der Waals surface area contributed by atoms with Crippen LogP contribution in [-0.2, 0) is 24.6 Å². The second kappa shape index (κ2) is 9.55. The third kappa shape index (κ3) is 5.68. The average molecular weight is 436 g/mol. The van der Waals surface area contributed by atoms with Gasteiger partial charge in [0.25, 0.3) is 0 Å². The number of imidazole rings is 1. The average Bonchev–Trinajstić information content (AvgIpc) is 3.06. The van der Waals surface area contributed by atoms with Gasteiger partial charge < -0.3 is 15.2 Å². The van der Waals surface area contributed by atoms with E-state index in [1.54, 1.807) is 6.20 Å². The number of hydrogen-bond acceptors (Lipinski definition) is 4. The summed E-state index contributed by atoms with van der Waals surface area (Å²) in [5.74, 6) is -0.572. The van der Waals surface area contributed by atoms with E-state index in [1.165, 1.54) is 0 Å². The number of hydrogen-bond donors (Lipinski definition) is 2. The van der Waals surface area contributed by atoms with Crippen LogP contribution in [0.3, 0.4) is 0 Å².